The summed E-state index contributed by atoms with van der Waals surface area (Å²) in [5, 5.41) is 26.6. The molecule has 2 atom stereocenters. The van der Waals surface area contributed by atoms with Gasteiger partial charge < -0.3 is 48.1 Å². The summed E-state index contributed by atoms with van der Waals surface area (Å²) in [4.78, 5) is 50.5. The summed E-state index contributed by atoms with van der Waals surface area (Å²) < 4.78 is 38.4. The fraction of sp³-hybridized carbons (Fsp3) is 0.625. The average Bonchev–Trinajstić information content (AvgIpc) is 3.21. The van der Waals surface area contributed by atoms with Gasteiger partial charge in [0.15, 0.2) is 11.6 Å². The molecular formula is C48H74N4O12. The standard InChI is InChI=1S/C20H26N2O6.C16H18N2O6.3C4H10/c1-20(2,3)28-19(24)22-10-11-26-14(12-22)13-27-17-7-5-6-16(25-4)18(17)15(23)8-9-21;1-22-13-3-2-4-14(15(13)12(19)5-6-17)24-10-11-9-18(16(20)21)7-8-23-11;3*1-4(2)3/h5-7,14H,8,10-13H2,1-4H3;2-4,11H,5,7-10H2,1H3,(H,20,21);3*4H,1-3H3/t14-;11-;;;/m00.../s1. The largest absolute Gasteiger partial charge is 0.496 e. The summed E-state index contributed by atoms with van der Waals surface area (Å²) in [7, 11) is 2.88. The summed E-state index contributed by atoms with van der Waals surface area (Å²) in [6.45, 7) is 27.1. The highest BCUT2D eigenvalue weighted by molar-refractivity contribution is 6.03. The predicted octanol–water partition coefficient (Wildman–Crippen LogP) is 9.34. The first-order valence-corrected chi connectivity index (χ1v) is 21.6. The molecule has 0 saturated carbocycles. The van der Waals surface area contributed by atoms with E-state index in [1.165, 1.54) is 19.1 Å². The topological polar surface area (TPSA) is 207 Å². The first-order chi connectivity index (χ1) is 30.0. The molecular weight excluding hydrogens is 825 g/mol. The van der Waals surface area contributed by atoms with Gasteiger partial charge in [-0.15, -0.1) is 0 Å². The third-order valence-corrected chi connectivity index (χ3v) is 7.50. The SMILES string of the molecule is CC(C)C.CC(C)C.CC(C)C.COc1cccc(OC[C@@H]2CN(C(=O)O)CCO2)c1C(=O)CC#N.COc1cccc(OC[C@@H]2CN(C(=O)OC(C)(C)C)CCO2)c1C(=O)CC#N. The van der Waals surface area contributed by atoms with Crippen molar-refractivity contribution in [2.24, 2.45) is 17.8 Å². The van der Waals surface area contributed by atoms with E-state index in [4.69, 9.17) is 48.8 Å². The minimum absolute atomic E-state index is 0.0871. The molecule has 2 aliphatic rings. The number of amides is 2. The number of carbonyl (C=O) groups is 4. The zero-order valence-electron chi connectivity index (χ0n) is 40.6. The van der Waals surface area contributed by atoms with E-state index in [0.717, 1.165) is 17.8 Å². The van der Waals surface area contributed by atoms with Crippen molar-refractivity contribution >= 4 is 23.8 Å². The molecule has 0 aromatic heterocycles. The second-order valence-electron chi connectivity index (χ2n) is 17.6. The molecule has 358 valence electrons. The van der Waals surface area contributed by atoms with Crippen LogP contribution in [-0.2, 0) is 14.2 Å². The molecule has 2 amide bonds. The van der Waals surface area contributed by atoms with Crippen molar-refractivity contribution in [3.05, 3.63) is 47.5 Å². The maximum absolute atomic E-state index is 12.3. The number of carbonyl (C=O) groups excluding carboxylic acids is 3. The van der Waals surface area contributed by atoms with Crippen LogP contribution in [0.15, 0.2) is 36.4 Å². The molecule has 4 rings (SSSR count). The monoisotopic (exact) mass is 899 g/mol. The van der Waals surface area contributed by atoms with Gasteiger partial charge in [0.2, 0.25) is 0 Å². The lowest BCUT2D eigenvalue weighted by Crippen LogP contribution is -2.49. The number of hydrogen-bond acceptors (Lipinski definition) is 13. The van der Waals surface area contributed by atoms with Crippen molar-refractivity contribution in [1.29, 1.82) is 10.5 Å². The Hall–Kier alpha value is -5.58. The molecule has 0 aliphatic carbocycles. The number of ether oxygens (including phenoxy) is 7. The lowest BCUT2D eigenvalue weighted by molar-refractivity contribution is -0.0557. The highest BCUT2D eigenvalue weighted by Crippen LogP contribution is 2.31. The third-order valence-electron chi connectivity index (χ3n) is 7.50. The van der Waals surface area contributed by atoms with E-state index in [1.807, 2.05) is 32.9 Å². The van der Waals surface area contributed by atoms with E-state index in [2.05, 4.69) is 62.3 Å². The highest BCUT2D eigenvalue weighted by atomic mass is 16.6. The molecule has 2 saturated heterocycles. The summed E-state index contributed by atoms with van der Waals surface area (Å²) >= 11 is 0. The molecule has 0 radical (unpaired) electrons. The Labute approximate surface area is 381 Å². The molecule has 0 spiro atoms. The van der Waals surface area contributed by atoms with Crippen LogP contribution in [0.2, 0.25) is 0 Å². The molecule has 16 nitrogen and oxygen atoms in total. The van der Waals surface area contributed by atoms with Gasteiger partial charge >= 0.3 is 12.2 Å². The number of methoxy groups -OCH3 is 2. The van der Waals surface area contributed by atoms with Crippen LogP contribution in [0.4, 0.5) is 9.59 Å². The van der Waals surface area contributed by atoms with Crippen LogP contribution in [0.1, 0.15) is 117 Å². The number of hydrogen-bond donors (Lipinski definition) is 1. The normalized spacial score (nSPS) is 15.4. The van der Waals surface area contributed by atoms with Gasteiger partial charge in [0.25, 0.3) is 0 Å². The van der Waals surface area contributed by atoms with Crippen LogP contribution in [0, 0.1) is 40.4 Å². The number of ketones is 2. The Kier molecular flexibility index (Phi) is 28.6. The molecule has 2 heterocycles. The zero-order valence-corrected chi connectivity index (χ0v) is 40.6. The zero-order chi connectivity index (χ0) is 49.0. The third kappa shape index (κ3) is 24.9. The quantitative estimate of drug-likeness (QED) is 0.197. The van der Waals surface area contributed by atoms with Gasteiger partial charge in [-0.1, -0.05) is 74.4 Å². The number of Topliss-reactive ketones (excluding diaryl/α,β-unsaturated/α-hetero) is 2. The van der Waals surface area contributed by atoms with Crippen molar-refractivity contribution in [3.8, 4) is 35.1 Å². The molecule has 16 heteroatoms. The molecule has 1 N–H and O–H groups in total. The summed E-state index contributed by atoms with van der Waals surface area (Å²) in [6, 6.07) is 13.5. The van der Waals surface area contributed by atoms with Crippen LogP contribution in [0.3, 0.4) is 0 Å². The first kappa shape index (κ1) is 58.4. The number of nitriles is 2. The van der Waals surface area contributed by atoms with E-state index in [0.29, 0.717) is 50.1 Å². The van der Waals surface area contributed by atoms with E-state index < -0.39 is 29.7 Å². The van der Waals surface area contributed by atoms with Crippen molar-refractivity contribution < 1.29 is 57.4 Å². The van der Waals surface area contributed by atoms with Gasteiger partial charge in [0.1, 0.15) is 65.1 Å². The van der Waals surface area contributed by atoms with Crippen molar-refractivity contribution in [2.75, 3.05) is 66.8 Å². The Morgan fingerprint density at radius 1 is 0.672 bits per heavy atom. The van der Waals surface area contributed by atoms with E-state index >= 15 is 0 Å². The minimum Gasteiger partial charge on any atom is -0.496 e. The second-order valence-corrected chi connectivity index (χ2v) is 17.6. The molecule has 64 heavy (non-hydrogen) atoms. The molecule has 0 unspecified atom stereocenters. The lowest BCUT2D eigenvalue weighted by Gasteiger charge is -2.34. The maximum Gasteiger partial charge on any atom is 0.410 e. The second kappa shape index (κ2) is 31.3. The Morgan fingerprint density at radius 3 is 1.34 bits per heavy atom. The maximum atomic E-state index is 12.3. The van der Waals surface area contributed by atoms with Gasteiger partial charge in [0, 0.05) is 13.1 Å². The highest BCUT2D eigenvalue weighted by Gasteiger charge is 2.30. The van der Waals surface area contributed by atoms with Crippen LogP contribution in [0.5, 0.6) is 23.0 Å². The average molecular weight is 899 g/mol. The number of carboxylic acid groups (broad SMARTS) is 1. The summed E-state index contributed by atoms with van der Waals surface area (Å²) in [5.41, 5.74) is -0.142. The Balaban J connectivity index is 0.000000996. The van der Waals surface area contributed by atoms with Gasteiger partial charge in [-0.2, -0.15) is 10.5 Å². The number of benzene rings is 2. The smallest absolute Gasteiger partial charge is 0.410 e. The Morgan fingerprint density at radius 2 is 1.02 bits per heavy atom. The van der Waals surface area contributed by atoms with Crippen LogP contribution < -0.4 is 18.9 Å². The van der Waals surface area contributed by atoms with Crippen LogP contribution in [0.25, 0.3) is 0 Å². The van der Waals surface area contributed by atoms with Gasteiger partial charge in [0.05, 0.1) is 65.5 Å². The molecule has 2 aromatic carbocycles. The number of nitrogens with zero attached hydrogens (tertiary/aromatic N) is 4. The minimum atomic E-state index is -1.01. The molecule has 2 aromatic rings. The molecule has 2 fully saturated rings. The Bertz CT molecular complexity index is 1770. The van der Waals surface area contributed by atoms with Crippen molar-refractivity contribution in [1.82, 2.24) is 9.80 Å². The first-order valence-electron chi connectivity index (χ1n) is 21.6. The van der Waals surface area contributed by atoms with Crippen molar-refractivity contribution in [3.63, 3.8) is 0 Å². The molecule has 2 aliphatic heterocycles. The summed E-state index contributed by atoms with van der Waals surface area (Å²) in [6.07, 6.45) is -2.76. The van der Waals surface area contributed by atoms with Gasteiger partial charge in [-0.25, -0.2) is 9.59 Å². The predicted molar refractivity (Wildman–Crippen MR) is 245 cm³/mol. The van der Waals surface area contributed by atoms with Gasteiger partial charge in [-0.3, -0.25) is 9.59 Å². The fourth-order valence-corrected chi connectivity index (χ4v) is 5.14. The fourth-order valence-electron chi connectivity index (χ4n) is 5.14. The van der Waals surface area contributed by atoms with E-state index in [1.54, 1.807) is 41.3 Å². The molecule has 0 bridgehead atoms. The summed E-state index contributed by atoms with van der Waals surface area (Å²) in [5.74, 6) is 2.99. The van der Waals surface area contributed by atoms with Gasteiger partial charge in [-0.05, 0) is 62.8 Å². The van der Waals surface area contributed by atoms with Crippen LogP contribution in [-0.4, -0.2) is 123 Å². The van der Waals surface area contributed by atoms with Crippen LogP contribution >= 0.6 is 0 Å². The van der Waals surface area contributed by atoms with Crippen molar-refractivity contribution in [2.45, 2.75) is 114 Å². The van der Waals surface area contributed by atoms with E-state index in [9.17, 15) is 19.2 Å². The number of morpholine rings is 2. The lowest BCUT2D eigenvalue weighted by atomic mass is 10.1. The number of rotatable bonds is 12. The van der Waals surface area contributed by atoms with E-state index in [-0.39, 0.29) is 61.4 Å².